The summed E-state index contributed by atoms with van der Waals surface area (Å²) in [5.41, 5.74) is 5.62. The van der Waals surface area contributed by atoms with E-state index in [1.54, 1.807) is 77.9 Å². The molecular formula is C27H32N4O4S2. The van der Waals surface area contributed by atoms with Crippen molar-refractivity contribution in [3.05, 3.63) is 77.9 Å². The predicted molar refractivity (Wildman–Crippen MR) is 148 cm³/mol. The lowest BCUT2D eigenvalue weighted by molar-refractivity contribution is 0.490. The Labute approximate surface area is 219 Å². The molecule has 0 radical (unpaired) electrons. The lowest BCUT2D eigenvalue weighted by Gasteiger charge is -2.20. The van der Waals surface area contributed by atoms with Crippen LogP contribution in [-0.2, 0) is 20.0 Å². The first-order valence-corrected chi connectivity index (χ1v) is 14.8. The Bertz CT molecular complexity index is 1490. The van der Waals surface area contributed by atoms with E-state index < -0.39 is 31.1 Å². The van der Waals surface area contributed by atoms with Crippen molar-refractivity contribution >= 4 is 31.4 Å². The molecule has 0 saturated carbocycles. The maximum atomic E-state index is 13.1. The number of nitrogens with one attached hydrogen (secondary N) is 3. The monoisotopic (exact) mass is 540 g/mol. The van der Waals surface area contributed by atoms with E-state index in [4.69, 9.17) is 0 Å². The fourth-order valence-corrected chi connectivity index (χ4v) is 6.95. The van der Waals surface area contributed by atoms with Crippen LogP contribution in [0.1, 0.15) is 52.7 Å². The summed E-state index contributed by atoms with van der Waals surface area (Å²) >= 11 is 0. The molecule has 0 aromatic heterocycles. The number of nitrogens with zero attached hydrogens (tertiary/aromatic N) is 1. The van der Waals surface area contributed by atoms with E-state index in [2.05, 4.69) is 20.0 Å². The van der Waals surface area contributed by atoms with Gasteiger partial charge in [-0.15, -0.1) is 0 Å². The molecule has 1 aliphatic rings. The molecule has 3 N–H and O–H groups in total. The number of para-hydroxylation sites is 1. The number of hydrogen-bond acceptors (Lipinski definition) is 6. The van der Waals surface area contributed by atoms with Crippen LogP contribution < -0.4 is 14.9 Å². The molecule has 0 spiro atoms. The van der Waals surface area contributed by atoms with Crippen molar-refractivity contribution in [2.24, 2.45) is 5.10 Å². The van der Waals surface area contributed by atoms with Crippen molar-refractivity contribution in [2.45, 2.75) is 62.4 Å². The summed E-state index contributed by atoms with van der Waals surface area (Å²) in [5.74, 6) is 0. The van der Waals surface area contributed by atoms with E-state index in [9.17, 15) is 16.8 Å². The molecule has 1 aliphatic carbocycles. The average Bonchev–Trinajstić information content (AvgIpc) is 3.07. The summed E-state index contributed by atoms with van der Waals surface area (Å²) in [6, 6.07) is 19.0. The zero-order valence-electron chi connectivity index (χ0n) is 21.7. The van der Waals surface area contributed by atoms with Gasteiger partial charge in [0.25, 0.3) is 0 Å². The maximum absolute atomic E-state index is 13.1. The van der Waals surface area contributed by atoms with E-state index in [0.717, 1.165) is 16.8 Å². The van der Waals surface area contributed by atoms with Crippen molar-refractivity contribution < 1.29 is 16.8 Å². The van der Waals surface area contributed by atoms with E-state index in [1.807, 2.05) is 30.3 Å². The lowest BCUT2D eigenvalue weighted by Crippen LogP contribution is -2.40. The van der Waals surface area contributed by atoms with Gasteiger partial charge in [-0.25, -0.2) is 26.3 Å². The Balaban J connectivity index is 1.86. The minimum Gasteiger partial charge on any atom is -0.278 e. The van der Waals surface area contributed by atoms with Crippen molar-refractivity contribution in [1.82, 2.24) is 9.44 Å². The smallest absolute Gasteiger partial charge is 0.241 e. The highest BCUT2D eigenvalue weighted by Crippen LogP contribution is 2.39. The minimum atomic E-state index is -3.80. The van der Waals surface area contributed by atoms with Gasteiger partial charge in [-0.3, -0.25) is 5.43 Å². The van der Waals surface area contributed by atoms with Gasteiger partial charge in [0.1, 0.15) is 0 Å². The third kappa shape index (κ3) is 6.10. The topological polar surface area (TPSA) is 117 Å². The number of rotatable bonds is 6. The second kappa shape index (κ2) is 9.36. The minimum absolute atomic E-state index is 0.101. The second-order valence-electron chi connectivity index (χ2n) is 11.1. The highest BCUT2D eigenvalue weighted by Gasteiger charge is 2.31. The molecule has 0 amide bonds. The van der Waals surface area contributed by atoms with Crippen molar-refractivity contribution in [3.8, 4) is 11.1 Å². The largest absolute Gasteiger partial charge is 0.278 e. The van der Waals surface area contributed by atoms with Crippen LogP contribution in [0.25, 0.3) is 11.1 Å². The molecule has 8 nitrogen and oxygen atoms in total. The number of sulfonamides is 2. The maximum Gasteiger partial charge on any atom is 0.241 e. The van der Waals surface area contributed by atoms with Gasteiger partial charge in [0.15, 0.2) is 0 Å². The van der Waals surface area contributed by atoms with Crippen molar-refractivity contribution in [1.29, 1.82) is 0 Å². The number of fused-ring (bicyclic) bond motifs is 3. The third-order valence-electron chi connectivity index (χ3n) is 5.35. The molecule has 10 heteroatoms. The van der Waals surface area contributed by atoms with Gasteiger partial charge in [-0.1, -0.05) is 30.3 Å². The van der Waals surface area contributed by atoms with Gasteiger partial charge in [0, 0.05) is 22.2 Å². The first kappa shape index (κ1) is 27.0. The summed E-state index contributed by atoms with van der Waals surface area (Å²) in [7, 11) is -7.60. The van der Waals surface area contributed by atoms with Crippen LogP contribution in [-0.4, -0.2) is 33.6 Å². The van der Waals surface area contributed by atoms with Crippen LogP contribution in [0.2, 0.25) is 0 Å². The summed E-state index contributed by atoms with van der Waals surface area (Å²) in [4.78, 5) is 0.201. The summed E-state index contributed by atoms with van der Waals surface area (Å²) in [6.07, 6.45) is 0. The van der Waals surface area contributed by atoms with Gasteiger partial charge in [-0.2, -0.15) is 5.10 Å². The molecule has 0 bridgehead atoms. The highest BCUT2D eigenvalue weighted by molar-refractivity contribution is 7.89. The molecule has 0 heterocycles. The normalized spacial score (nSPS) is 13.7. The number of benzene rings is 3. The van der Waals surface area contributed by atoms with Crippen LogP contribution in [0, 0.1) is 0 Å². The third-order valence-corrected chi connectivity index (χ3v) is 8.87. The molecule has 4 rings (SSSR count). The molecule has 196 valence electrons. The van der Waals surface area contributed by atoms with Crippen LogP contribution in [0.4, 0.5) is 5.69 Å². The Hall–Kier alpha value is -3.05. The van der Waals surface area contributed by atoms with E-state index in [-0.39, 0.29) is 9.79 Å². The second-order valence-corrected chi connectivity index (χ2v) is 14.4. The lowest BCUT2D eigenvalue weighted by atomic mass is 10.1. The quantitative estimate of drug-likeness (QED) is 0.307. The summed E-state index contributed by atoms with van der Waals surface area (Å²) in [5, 5.41) is 4.61. The standard InChI is InChI=1S/C27H32N4O4S2/c1-26(2,3)30-36(32,33)19-12-14-21-22-15-13-20(37(34,35)31-27(4,5)6)17-24(22)25(23(21)16-19)29-28-18-10-8-7-9-11-18/h7-17,28,30-31H,1-6H3. The van der Waals surface area contributed by atoms with E-state index in [1.165, 1.54) is 0 Å². The molecule has 0 atom stereocenters. The SMILES string of the molecule is CC(C)(C)NS(=O)(=O)c1ccc2c(c1)C(=NNc1ccccc1)c1cc(S(=O)(=O)NC(C)(C)C)ccc1-2. The van der Waals surface area contributed by atoms with Gasteiger partial charge >= 0.3 is 0 Å². The van der Waals surface area contributed by atoms with Crippen molar-refractivity contribution in [3.63, 3.8) is 0 Å². The molecule has 3 aromatic carbocycles. The summed E-state index contributed by atoms with van der Waals surface area (Å²) < 4.78 is 57.6. The fraction of sp³-hybridized carbons (Fsp3) is 0.296. The molecule has 37 heavy (non-hydrogen) atoms. The summed E-state index contributed by atoms with van der Waals surface area (Å²) in [6.45, 7) is 10.7. The Morgan fingerprint density at radius 1 is 0.595 bits per heavy atom. The molecule has 0 unspecified atom stereocenters. The number of anilines is 1. The number of hydrazone groups is 1. The first-order valence-electron chi connectivity index (χ1n) is 11.8. The Morgan fingerprint density at radius 3 is 1.43 bits per heavy atom. The molecule has 3 aromatic rings. The predicted octanol–water partition coefficient (Wildman–Crippen LogP) is 4.69. The molecule has 0 aliphatic heterocycles. The molecule has 0 saturated heterocycles. The van der Waals surface area contributed by atoms with Gasteiger partial charge in [-0.05, 0) is 89.1 Å². The Kier molecular flexibility index (Phi) is 6.83. The zero-order chi connectivity index (χ0) is 27.2. The van der Waals surface area contributed by atoms with Gasteiger partial charge in [0.05, 0.1) is 21.2 Å². The van der Waals surface area contributed by atoms with Gasteiger partial charge in [0.2, 0.25) is 20.0 Å². The molecular weight excluding hydrogens is 508 g/mol. The average molecular weight is 541 g/mol. The van der Waals surface area contributed by atoms with E-state index >= 15 is 0 Å². The van der Waals surface area contributed by atoms with Crippen LogP contribution in [0.3, 0.4) is 0 Å². The Morgan fingerprint density at radius 2 is 1.03 bits per heavy atom. The van der Waals surface area contributed by atoms with Gasteiger partial charge < -0.3 is 0 Å². The van der Waals surface area contributed by atoms with Crippen molar-refractivity contribution in [2.75, 3.05) is 5.43 Å². The van der Waals surface area contributed by atoms with Crippen LogP contribution in [0.15, 0.2) is 81.6 Å². The van der Waals surface area contributed by atoms with Crippen LogP contribution >= 0.6 is 0 Å². The first-order chi connectivity index (χ1) is 17.1. The van der Waals surface area contributed by atoms with Crippen LogP contribution in [0.5, 0.6) is 0 Å². The fourth-order valence-electron chi connectivity index (χ4n) is 4.07. The molecule has 0 fully saturated rings. The highest BCUT2D eigenvalue weighted by atomic mass is 32.2. The van der Waals surface area contributed by atoms with E-state index in [0.29, 0.717) is 16.8 Å². The number of hydrogen-bond donors (Lipinski definition) is 3. The zero-order valence-corrected chi connectivity index (χ0v) is 23.4.